The summed E-state index contributed by atoms with van der Waals surface area (Å²) in [5.74, 6) is 0.838. The van der Waals surface area contributed by atoms with Crippen LogP contribution >= 0.6 is 0 Å². The van der Waals surface area contributed by atoms with Crippen molar-refractivity contribution in [1.82, 2.24) is 15.6 Å². The number of aryl methyl sites for hydroxylation is 3. The lowest BCUT2D eigenvalue weighted by molar-refractivity contribution is 0.792. The maximum Gasteiger partial charge on any atom is 0.191 e. The van der Waals surface area contributed by atoms with E-state index in [4.69, 9.17) is 0 Å². The molecule has 0 radical (unpaired) electrons. The van der Waals surface area contributed by atoms with Gasteiger partial charge in [0.25, 0.3) is 0 Å². The van der Waals surface area contributed by atoms with E-state index in [1.54, 1.807) is 6.20 Å². The minimum atomic E-state index is 0.582. The van der Waals surface area contributed by atoms with Crippen molar-refractivity contribution in [3.05, 3.63) is 64.5 Å². The summed E-state index contributed by atoms with van der Waals surface area (Å²) in [6, 6.07) is 10.4. The summed E-state index contributed by atoms with van der Waals surface area (Å²) in [5, 5.41) is 6.71. The first kappa shape index (κ1) is 18.0. The molecule has 0 saturated heterocycles. The number of hydrogen-bond donors (Lipinski definition) is 2. The zero-order valence-corrected chi connectivity index (χ0v) is 15.2. The number of aromatic nitrogens is 1. The van der Waals surface area contributed by atoms with Gasteiger partial charge in [0.05, 0.1) is 12.2 Å². The van der Waals surface area contributed by atoms with Gasteiger partial charge in [0, 0.05) is 19.3 Å². The summed E-state index contributed by atoms with van der Waals surface area (Å²) in [4.78, 5) is 8.91. The van der Waals surface area contributed by atoms with Gasteiger partial charge in [-0.1, -0.05) is 23.8 Å². The maximum atomic E-state index is 4.61. The van der Waals surface area contributed by atoms with Crippen LogP contribution in [0.4, 0.5) is 0 Å². The van der Waals surface area contributed by atoms with Gasteiger partial charge in [-0.05, 0) is 62.9 Å². The standard InChI is InChI=1S/C20H28N4/c1-5-21-20(24-14-18-8-6-7-10-22-18)23-11-9-19-16(3)12-15(2)13-17(19)4/h6-8,10,12-13H,5,9,11,14H2,1-4H3,(H2,21,23,24). The van der Waals surface area contributed by atoms with Crippen LogP contribution in [0.2, 0.25) is 0 Å². The molecule has 0 aliphatic heterocycles. The molecular formula is C20H28N4. The Labute approximate surface area is 145 Å². The molecule has 4 nitrogen and oxygen atoms in total. The van der Waals surface area contributed by atoms with E-state index in [0.717, 1.165) is 31.2 Å². The van der Waals surface area contributed by atoms with Crippen molar-refractivity contribution in [1.29, 1.82) is 0 Å². The van der Waals surface area contributed by atoms with Crippen molar-refractivity contribution in [3.63, 3.8) is 0 Å². The van der Waals surface area contributed by atoms with E-state index in [0.29, 0.717) is 6.54 Å². The molecule has 128 valence electrons. The Balaban J connectivity index is 1.94. The second kappa shape index (κ2) is 9.06. The third-order valence-corrected chi connectivity index (χ3v) is 3.98. The number of aliphatic imine (C=N–C) groups is 1. The quantitative estimate of drug-likeness (QED) is 0.633. The van der Waals surface area contributed by atoms with Gasteiger partial charge in [0.15, 0.2) is 5.96 Å². The Morgan fingerprint density at radius 3 is 2.46 bits per heavy atom. The van der Waals surface area contributed by atoms with E-state index in [1.165, 1.54) is 22.3 Å². The Morgan fingerprint density at radius 1 is 1.08 bits per heavy atom. The highest BCUT2D eigenvalue weighted by atomic mass is 15.2. The molecule has 2 N–H and O–H groups in total. The molecule has 4 heteroatoms. The van der Waals surface area contributed by atoms with Crippen molar-refractivity contribution < 1.29 is 0 Å². The molecule has 0 fully saturated rings. The molecule has 0 aliphatic rings. The van der Waals surface area contributed by atoms with Gasteiger partial charge in [-0.15, -0.1) is 0 Å². The van der Waals surface area contributed by atoms with Gasteiger partial charge in [-0.3, -0.25) is 4.98 Å². The number of guanidine groups is 1. The molecule has 0 bridgehead atoms. The summed E-state index contributed by atoms with van der Waals surface area (Å²) in [7, 11) is 0. The van der Waals surface area contributed by atoms with Crippen LogP contribution in [0, 0.1) is 20.8 Å². The van der Waals surface area contributed by atoms with Crippen LogP contribution in [0.5, 0.6) is 0 Å². The van der Waals surface area contributed by atoms with Crippen LogP contribution in [0.15, 0.2) is 41.5 Å². The lowest BCUT2D eigenvalue weighted by Gasteiger charge is -2.14. The van der Waals surface area contributed by atoms with Crippen molar-refractivity contribution >= 4 is 5.96 Å². The van der Waals surface area contributed by atoms with Crippen LogP contribution in [0.25, 0.3) is 0 Å². The second-order valence-electron chi connectivity index (χ2n) is 6.07. The number of hydrogen-bond acceptors (Lipinski definition) is 2. The molecule has 2 rings (SSSR count). The minimum absolute atomic E-state index is 0.582. The van der Waals surface area contributed by atoms with Crippen LogP contribution in [-0.2, 0) is 13.0 Å². The smallest absolute Gasteiger partial charge is 0.191 e. The summed E-state index contributed by atoms with van der Waals surface area (Å²) in [6.45, 7) is 10.9. The molecule has 1 aromatic carbocycles. The first-order valence-electron chi connectivity index (χ1n) is 8.59. The van der Waals surface area contributed by atoms with Crippen LogP contribution in [0.1, 0.15) is 34.9 Å². The highest BCUT2D eigenvalue weighted by Crippen LogP contribution is 2.16. The van der Waals surface area contributed by atoms with Crippen LogP contribution in [0.3, 0.4) is 0 Å². The monoisotopic (exact) mass is 324 g/mol. The number of pyridine rings is 1. The van der Waals surface area contributed by atoms with E-state index in [9.17, 15) is 0 Å². The minimum Gasteiger partial charge on any atom is -0.357 e. The van der Waals surface area contributed by atoms with Crippen molar-refractivity contribution in [2.75, 3.05) is 13.1 Å². The fourth-order valence-corrected chi connectivity index (χ4v) is 2.90. The summed E-state index contributed by atoms with van der Waals surface area (Å²) in [5.41, 5.74) is 6.45. The van der Waals surface area contributed by atoms with E-state index < -0.39 is 0 Å². The first-order chi connectivity index (χ1) is 11.6. The van der Waals surface area contributed by atoms with Crippen LogP contribution < -0.4 is 10.6 Å². The molecule has 0 atom stereocenters. The van der Waals surface area contributed by atoms with Gasteiger partial charge < -0.3 is 10.6 Å². The molecule has 1 aromatic heterocycles. The average molecular weight is 324 g/mol. The largest absolute Gasteiger partial charge is 0.357 e. The number of benzene rings is 1. The Kier molecular flexibility index (Phi) is 6.79. The molecule has 0 unspecified atom stereocenters. The summed E-state index contributed by atoms with van der Waals surface area (Å²) >= 11 is 0. The molecule has 24 heavy (non-hydrogen) atoms. The number of rotatable bonds is 6. The van der Waals surface area contributed by atoms with Gasteiger partial charge >= 0.3 is 0 Å². The number of nitrogens with one attached hydrogen (secondary N) is 2. The molecule has 0 aliphatic carbocycles. The zero-order chi connectivity index (χ0) is 17.4. The van der Waals surface area contributed by atoms with Gasteiger partial charge in [-0.25, -0.2) is 4.99 Å². The summed E-state index contributed by atoms with van der Waals surface area (Å²) < 4.78 is 0. The average Bonchev–Trinajstić information content (AvgIpc) is 2.55. The Morgan fingerprint density at radius 2 is 1.83 bits per heavy atom. The Bertz CT molecular complexity index is 654. The molecular weight excluding hydrogens is 296 g/mol. The second-order valence-corrected chi connectivity index (χ2v) is 6.07. The normalized spacial score (nSPS) is 11.4. The zero-order valence-electron chi connectivity index (χ0n) is 15.2. The highest BCUT2D eigenvalue weighted by Gasteiger charge is 2.04. The van der Waals surface area contributed by atoms with Crippen molar-refractivity contribution in [3.8, 4) is 0 Å². The summed E-state index contributed by atoms with van der Waals surface area (Å²) in [6.07, 6.45) is 2.79. The lowest BCUT2D eigenvalue weighted by Crippen LogP contribution is -2.38. The van der Waals surface area contributed by atoms with E-state index in [-0.39, 0.29) is 0 Å². The molecule has 0 spiro atoms. The van der Waals surface area contributed by atoms with Gasteiger partial charge in [0.2, 0.25) is 0 Å². The van der Waals surface area contributed by atoms with E-state index in [1.807, 2.05) is 18.2 Å². The fourth-order valence-electron chi connectivity index (χ4n) is 2.90. The number of nitrogens with zero attached hydrogens (tertiary/aromatic N) is 2. The fraction of sp³-hybridized carbons (Fsp3) is 0.400. The van der Waals surface area contributed by atoms with E-state index in [2.05, 4.69) is 60.4 Å². The maximum absolute atomic E-state index is 4.61. The third-order valence-electron chi connectivity index (χ3n) is 3.98. The lowest BCUT2D eigenvalue weighted by atomic mass is 9.97. The molecule has 2 aromatic rings. The topological polar surface area (TPSA) is 49.3 Å². The first-order valence-corrected chi connectivity index (χ1v) is 8.59. The van der Waals surface area contributed by atoms with Gasteiger partial charge in [-0.2, -0.15) is 0 Å². The predicted octanol–water partition coefficient (Wildman–Crippen LogP) is 3.30. The SMILES string of the molecule is CCNC(=NCc1ccccn1)NCCc1c(C)cc(C)cc1C. The Hall–Kier alpha value is -2.36. The highest BCUT2D eigenvalue weighted by molar-refractivity contribution is 5.79. The molecule has 1 heterocycles. The third kappa shape index (κ3) is 5.37. The molecule has 0 amide bonds. The van der Waals surface area contributed by atoms with E-state index >= 15 is 0 Å². The van der Waals surface area contributed by atoms with Crippen molar-refractivity contribution in [2.45, 2.75) is 40.7 Å². The molecule has 0 saturated carbocycles. The van der Waals surface area contributed by atoms with Gasteiger partial charge in [0.1, 0.15) is 0 Å². The van der Waals surface area contributed by atoms with Crippen molar-refractivity contribution in [2.24, 2.45) is 4.99 Å². The van der Waals surface area contributed by atoms with Crippen LogP contribution in [-0.4, -0.2) is 24.0 Å². The predicted molar refractivity (Wildman–Crippen MR) is 101 cm³/mol.